The van der Waals surface area contributed by atoms with Crippen molar-refractivity contribution in [2.75, 3.05) is 14.1 Å². The molecule has 2 aromatic rings. The summed E-state index contributed by atoms with van der Waals surface area (Å²) in [5, 5.41) is 0. The maximum absolute atomic E-state index is 11.6. The third-order valence-electron chi connectivity index (χ3n) is 2.32. The lowest BCUT2D eigenvalue weighted by molar-refractivity contribution is 0.0827. The molecule has 82 valence electrons. The Morgan fingerprint density at radius 2 is 1.94 bits per heavy atom. The highest BCUT2D eigenvalue weighted by atomic mass is 16.2. The molecule has 0 N–H and O–H groups in total. The van der Waals surface area contributed by atoms with Gasteiger partial charge < -0.3 is 9.47 Å². The number of hydrogen-bond acceptors (Lipinski definition) is 2. The van der Waals surface area contributed by atoms with Crippen molar-refractivity contribution in [3.63, 3.8) is 0 Å². The van der Waals surface area contributed by atoms with E-state index in [-0.39, 0.29) is 5.91 Å². The van der Waals surface area contributed by atoms with E-state index >= 15 is 0 Å². The topological polar surface area (TPSA) is 38.1 Å². The Morgan fingerprint density at radius 1 is 1.25 bits per heavy atom. The van der Waals surface area contributed by atoms with Gasteiger partial charge in [-0.1, -0.05) is 0 Å². The molecule has 1 aromatic heterocycles. The Morgan fingerprint density at radius 3 is 2.44 bits per heavy atom. The van der Waals surface area contributed by atoms with Crippen LogP contribution < -0.4 is 0 Å². The number of carbonyl (C=O) groups is 1. The summed E-state index contributed by atoms with van der Waals surface area (Å²) < 4.78 is 1.89. The highest BCUT2D eigenvalue weighted by molar-refractivity contribution is 5.94. The molecule has 1 amide bonds. The zero-order chi connectivity index (χ0) is 11.5. The van der Waals surface area contributed by atoms with Gasteiger partial charge in [0.1, 0.15) is 0 Å². The molecule has 0 aliphatic heterocycles. The van der Waals surface area contributed by atoms with Gasteiger partial charge >= 0.3 is 0 Å². The standard InChI is InChI=1S/C12H13N3O/c1-14(2)12(16)10-3-5-11(6-4-10)15-8-7-13-9-15/h3-9H,1-2H3. The average Bonchev–Trinajstić information content (AvgIpc) is 2.81. The van der Waals surface area contributed by atoms with Gasteiger partial charge in [0.25, 0.3) is 5.91 Å². The molecule has 0 aliphatic rings. The summed E-state index contributed by atoms with van der Waals surface area (Å²) in [5.41, 5.74) is 1.68. The fourth-order valence-corrected chi connectivity index (χ4v) is 1.45. The highest BCUT2D eigenvalue weighted by Gasteiger charge is 2.07. The minimum atomic E-state index is 0.0113. The molecule has 2 rings (SSSR count). The molecular formula is C12H13N3O. The molecule has 0 fully saturated rings. The first-order valence-electron chi connectivity index (χ1n) is 4.98. The Kier molecular flexibility index (Phi) is 2.72. The first kappa shape index (κ1) is 10.4. The summed E-state index contributed by atoms with van der Waals surface area (Å²) in [6, 6.07) is 7.44. The summed E-state index contributed by atoms with van der Waals surface area (Å²) in [6.07, 6.45) is 5.31. The molecule has 0 aliphatic carbocycles. The van der Waals surface area contributed by atoms with Gasteiger partial charge in [0.15, 0.2) is 0 Å². The maximum atomic E-state index is 11.6. The lowest BCUT2D eigenvalue weighted by atomic mass is 10.2. The summed E-state index contributed by atoms with van der Waals surface area (Å²) in [4.78, 5) is 17.2. The van der Waals surface area contributed by atoms with Crippen LogP contribution in [0.4, 0.5) is 0 Å². The zero-order valence-electron chi connectivity index (χ0n) is 9.29. The number of rotatable bonds is 2. The second-order valence-electron chi connectivity index (χ2n) is 3.72. The average molecular weight is 215 g/mol. The monoisotopic (exact) mass is 215 g/mol. The quantitative estimate of drug-likeness (QED) is 0.762. The van der Waals surface area contributed by atoms with E-state index in [9.17, 15) is 4.79 Å². The van der Waals surface area contributed by atoms with E-state index in [4.69, 9.17) is 0 Å². The van der Waals surface area contributed by atoms with Crippen molar-refractivity contribution in [1.82, 2.24) is 14.5 Å². The van der Waals surface area contributed by atoms with Gasteiger partial charge in [-0.25, -0.2) is 4.98 Å². The second-order valence-corrected chi connectivity index (χ2v) is 3.72. The molecule has 0 spiro atoms. The van der Waals surface area contributed by atoms with Crippen LogP contribution in [0, 0.1) is 0 Å². The van der Waals surface area contributed by atoms with E-state index < -0.39 is 0 Å². The molecule has 1 aromatic carbocycles. The summed E-state index contributed by atoms with van der Waals surface area (Å²) in [6.45, 7) is 0. The van der Waals surface area contributed by atoms with E-state index in [1.54, 1.807) is 31.5 Å². The molecular weight excluding hydrogens is 202 g/mol. The maximum Gasteiger partial charge on any atom is 0.253 e. The summed E-state index contributed by atoms with van der Waals surface area (Å²) in [7, 11) is 3.48. The van der Waals surface area contributed by atoms with Crippen LogP contribution in [0.1, 0.15) is 10.4 Å². The van der Waals surface area contributed by atoms with Crippen molar-refractivity contribution in [3.8, 4) is 5.69 Å². The predicted molar refractivity (Wildman–Crippen MR) is 61.6 cm³/mol. The van der Waals surface area contributed by atoms with Gasteiger partial charge in [-0.15, -0.1) is 0 Å². The molecule has 0 bridgehead atoms. The van der Waals surface area contributed by atoms with Crippen LogP contribution in [0.3, 0.4) is 0 Å². The van der Waals surface area contributed by atoms with E-state index in [2.05, 4.69) is 4.98 Å². The van der Waals surface area contributed by atoms with Crippen LogP contribution in [0.25, 0.3) is 5.69 Å². The Labute approximate surface area is 94.1 Å². The van der Waals surface area contributed by atoms with E-state index in [1.165, 1.54) is 0 Å². The molecule has 0 saturated carbocycles. The van der Waals surface area contributed by atoms with Crippen molar-refractivity contribution >= 4 is 5.91 Å². The smallest absolute Gasteiger partial charge is 0.253 e. The van der Waals surface area contributed by atoms with Crippen molar-refractivity contribution in [2.45, 2.75) is 0 Å². The second kappa shape index (κ2) is 4.18. The molecule has 0 unspecified atom stereocenters. The van der Waals surface area contributed by atoms with Crippen molar-refractivity contribution in [2.24, 2.45) is 0 Å². The van der Waals surface area contributed by atoms with Gasteiger partial charge in [0, 0.05) is 37.7 Å². The molecule has 0 atom stereocenters. The van der Waals surface area contributed by atoms with Crippen LogP contribution >= 0.6 is 0 Å². The van der Waals surface area contributed by atoms with Crippen molar-refractivity contribution < 1.29 is 4.79 Å². The molecule has 0 radical (unpaired) electrons. The SMILES string of the molecule is CN(C)C(=O)c1ccc(-n2ccnc2)cc1. The van der Waals surface area contributed by atoms with Gasteiger partial charge in [-0.2, -0.15) is 0 Å². The predicted octanol–water partition coefficient (Wildman–Crippen LogP) is 1.57. The number of aromatic nitrogens is 2. The molecule has 1 heterocycles. The van der Waals surface area contributed by atoms with Gasteiger partial charge in [0.2, 0.25) is 0 Å². The highest BCUT2D eigenvalue weighted by Crippen LogP contribution is 2.10. The summed E-state index contributed by atoms with van der Waals surface area (Å²) >= 11 is 0. The number of amides is 1. The van der Waals surface area contributed by atoms with Gasteiger partial charge in [-0.05, 0) is 24.3 Å². The van der Waals surface area contributed by atoms with Crippen LogP contribution in [0.15, 0.2) is 43.0 Å². The number of carbonyl (C=O) groups excluding carboxylic acids is 1. The Bertz CT molecular complexity index is 471. The lowest BCUT2D eigenvalue weighted by Gasteiger charge is -2.10. The summed E-state index contributed by atoms with van der Waals surface area (Å²) in [5.74, 6) is 0.0113. The molecule has 4 nitrogen and oxygen atoms in total. The Balaban J connectivity index is 2.27. The van der Waals surface area contributed by atoms with Gasteiger partial charge in [-0.3, -0.25) is 4.79 Å². The van der Waals surface area contributed by atoms with E-state index in [0.717, 1.165) is 5.69 Å². The van der Waals surface area contributed by atoms with Crippen LogP contribution in [-0.2, 0) is 0 Å². The number of benzene rings is 1. The third kappa shape index (κ3) is 1.95. The number of nitrogens with zero attached hydrogens (tertiary/aromatic N) is 3. The van der Waals surface area contributed by atoms with E-state index in [1.807, 2.05) is 35.0 Å². The first-order chi connectivity index (χ1) is 7.68. The largest absolute Gasteiger partial charge is 0.345 e. The van der Waals surface area contributed by atoms with E-state index in [0.29, 0.717) is 5.56 Å². The van der Waals surface area contributed by atoms with Crippen LogP contribution in [-0.4, -0.2) is 34.5 Å². The van der Waals surface area contributed by atoms with Gasteiger partial charge in [0.05, 0.1) is 6.33 Å². The van der Waals surface area contributed by atoms with Crippen LogP contribution in [0.5, 0.6) is 0 Å². The minimum absolute atomic E-state index is 0.0113. The zero-order valence-corrected chi connectivity index (χ0v) is 9.29. The molecule has 4 heteroatoms. The van der Waals surface area contributed by atoms with Crippen molar-refractivity contribution in [3.05, 3.63) is 48.5 Å². The minimum Gasteiger partial charge on any atom is -0.345 e. The lowest BCUT2D eigenvalue weighted by Crippen LogP contribution is -2.21. The molecule has 0 saturated heterocycles. The molecule has 16 heavy (non-hydrogen) atoms. The van der Waals surface area contributed by atoms with Crippen LogP contribution in [0.2, 0.25) is 0 Å². The fraction of sp³-hybridized carbons (Fsp3) is 0.167. The first-order valence-corrected chi connectivity index (χ1v) is 4.98. The number of imidazole rings is 1. The Hall–Kier alpha value is -2.10. The fourth-order valence-electron chi connectivity index (χ4n) is 1.45. The number of hydrogen-bond donors (Lipinski definition) is 0. The van der Waals surface area contributed by atoms with Crippen molar-refractivity contribution in [1.29, 1.82) is 0 Å². The third-order valence-corrected chi connectivity index (χ3v) is 2.32. The normalized spacial score (nSPS) is 10.1.